The van der Waals surface area contributed by atoms with Crippen molar-refractivity contribution >= 4 is 27.5 Å². The second-order valence-electron chi connectivity index (χ2n) is 7.65. The number of aryl methyl sites for hydroxylation is 2. The van der Waals surface area contributed by atoms with Crippen molar-refractivity contribution in [2.45, 2.75) is 33.7 Å². The molecular weight excluding hydrogens is 448 g/mol. The van der Waals surface area contributed by atoms with Gasteiger partial charge in [-0.1, -0.05) is 48.0 Å². The largest absolute Gasteiger partial charge is 0.355 e. The number of nitrogens with zero attached hydrogens (tertiary/aromatic N) is 2. The van der Waals surface area contributed by atoms with Crippen LogP contribution in [0.2, 0.25) is 5.02 Å². The summed E-state index contributed by atoms with van der Waals surface area (Å²) >= 11 is 6.24. The molecule has 1 amide bonds. The van der Waals surface area contributed by atoms with Crippen LogP contribution in [-0.4, -0.2) is 36.4 Å². The Morgan fingerprint density at radius 1 is 1.09 bits per heavy atom. The molecule has 0 bridgehead atoms. The predicted molar refractivity (Wildman–Crippen MR) is 127 cm³/mol. The van der Waals surface area contributed by atoms with Crippen LogP contribution in [0.4, 0.5) is 0 Å². The Morgan fingerprint density at radius 3 is 2.50 bits per heavy atom. The summed E-state index contributed by atoms with van der Waals surface area (Å²) in [5, 5.41) is 7.89. The van der Waals surface area contributed by atoms with E-state index in [1.54, 1.807) is 4.68 Å². The second kappa shape index (κ2) is 10.3. The van der Waals surface area contributed by atoms with Gasteiger partial charge in [0.15, 0.2) is 0 Å². The number of hydrogen-bond donors (Lipinski definition) is 2. The van der Waals surface area contributed by atoms with Crippen LogP contribution in [-0.2, 0) is 27.8 Å². The standard InChI is InChI=1S/C23H27ClN4O3S/c1-16-9-10-20(13-22(16)24)28-18(3)21(17(2)27-28)14-23(29)25-11-12-32(30,31)26-15-19-7-5-4-6-8-19/h4-10,13,26H,11-12,14-15H2,1-3H3,(H,25,29). The van der Waals surface area contributed by atoms with Gasteiger partial charge in [0.05, 0.1) is 23.6 Å². The fraction of sp³-hybridized carbons (Fsp3) is 0.304. The van der Waals surface area contributed by atoms with Crippen LogP contribution in [0.5, 0.6) is 0 Å². The lowest BCUT2D eigenvalue weighted by molar-refractivity contribution is -0.120. The van der Waals surface area contributed by atoms with Crippen LogP contribution in [0.25, 0.3) is 5.69 Å². The number of benzene rings is 2. The molecule has 0 saturated carbocycles. The number of halogens is 1. The minimum absolute atomic E-state index is 0.0305. The Hall–Kier alpha value is -2.68. The summed E-state index contributed by atoms with van der Waals surface area (Å²) < 4.78 is 28.7. The quantitative estimate of drug-likeness (QED) is 0.498. The molecule has 0 spiro atoms. The third-order valence-corrected chi connectivity index (χ3v) is 6.94. The Bertz CT molecular complexity index is 1210. The zero-order valence-electron chi connectivity index (χ0n) is 18.4. The van der Waals surface area contributed by atoms with Gasteiger partial charge in [-0.15, -0.1) is 0 Å². The summed E-state index contributed by atoms with van der Waals surface area (Å²) in [7, 11) is -3.50. The maximum Gasteiger partial charge on any atom is 0.224 e. The maximum atomic E-state index is 12.4. The van der Waals surface area contributed by atoms with E-state index in [1.165, 1.54) is 0 Å². The minimum atomic E-state index is -3.50. The van der Waals surface area contributed by atoms with E-state index >= 15 is 0 Å². The maximum absolute atomic E-state index is 12.4. The number of amides is 1. The summed E-state index contributed by atoms with van der Waals surface area (Å²) in [5.74, 6) is -0.444. The molecule has 0 aliphatic carbocycles. The van der Waals surface area contributed by atoms with Crippen LogP contribution >= 0.6 is 11.6 Å². The van der Waals surface area contributed by atoms with Crippen LogP contribution in [0.1, 0.15) is 28.1 Å². The Balaban J connectivity index is 1.56. The fourth-order valence-corrected chi connectivity index (χ4v) is 4.38. The number of hydrogen-bond acceptors (Lipinski definition) is 4. The normalized spacial score (nSPS) is 11.5. The number of carbonyl (C=O) groups is 1. The molecule has 0 unspecified atom stereocenters. The van der Waals surface area contributed by atoms with E-state index in [2.05, 4.69) is 15.1 Å². The van der Waals surface area contributed by atoms with E-state index in [0.29, 0.717) is 5.02 Å². The van der Waals surface area contributed by atoms with Crippen molar-refractivity contribution in [3.05, 3.63) is 81.6 Å². The SMILES string of the molecule is Cc1ccc(-n2nc(C)c(CC(=O)NCCS(=O)(=O)NCc3ccccc3)c2C)cc1Cl. The molecule has 0 saturated heterocycles. The van der Waals surface area contributed by atoms with Gasteiger partial charge in [0.1, 0.15) is 0 Å². The van der Waals surface area contributed by atoms with E-state index in [1.807, 2.05) is 69.3 Å². The molecule has 0 radical (unpaired) electrons. The minimum Gasteiger partial charge on any atom is -0.355 e. The molecule has 9 heteroatoms. The van der Waals surface area contributed by atoms with Gasteiger partial charge in [-0.2, -0.15) is 5.10 Å². The van der Waals surface area contributed by atoms with E-state index in [4.69, 9.17) is 11.6 Å². The number of rotatable bonds is 9. The molecule has 7 nitrogen and oxygen atoms in total. The Kier molecular flexibility index (Phi) is 7.71. The highest BCUT2D eigenvalue weighted by Gasteiger charge is 2.17. The fourth-order valence-electron chi connectivity index (χ4n) is 3.30. The molecule has 170 valence electrons. The van der Waals surface area contributed by atoms with Gasteiger partial charge in [-0.25, -0.2) is 17.8 Å². The Labute approximate surface area is 193 Å². The van der Waals surface area contributed by atoms with Crippen molar-refractivity contribution in [1.82, 2.24) is 19.8 Å². The lowest BCUT2D eigenvalue weighted by Crippen LogP contribution is -2.35. The molecule has 2 aromatic carbocycles. The number of nitrogens with one attached hydrogen (secondary N) is 2. The molecule has 2 N–H and O–H groups in total. The van der Waals surface area contributed by atoms with Crippen LogP contribution in [0.15, 0.2) is 48.5 Å². The molecule has 1 heterocycles. The number of sulfonamides is 1. The molecule has 3 aromatic rings. The molecule has 32 heavy (non-hydrogen) atoms. The topological polar surface area (TPSA) is 93.1 Å². The van der Waals surface area contributed by atoms with E-state index in [9.17, 15) is 13.2 Å². The van der Waals surface area contributed by atoms with Crippen molar-refractivity contribution in [3.8, 4) is 5.69 Å². The van der Waals surface area contributed by atoms with Crippen molar-refractivity contribution in [2.24, 2.45) is 0 Å². The van der Waals surface area contributed by atoms with Gasteiger partial charge in [0, 0.05) is 29.4 Å². The van der Waals surface area contributed by atoms with Crippen LogP contribution in [0, 0.1) is 20.8 Å². The number of aromatic nitrogens is 2. The average molecular weight is 475 g/mol. The first-order valence-corrected chi connectivity index (χ1v) is 12.3. The summed E-state index contributed by atoms with van der Waals surface area (Å²) in [6.07, 6.45) is 0.120. The second-order valence-corrected chi connectivity index (χ2v) is 9.98. The van der Waals surface area contributed by atoms with Gasteiger partial charge in [-0.3, -0.25) is 4.79 Å². The van der Waals surface area contributed by atoms with Gasteiger partial charge in [0.2, 0.25) is 15.9 Å². The lowest BCUT2D eigenvalue weighted by Gasteiger charge is -2.09. The molecule has 0 fully saturated rings. The smallest absolute Gasteiger partial charge is 0.224 e. The monoisotopic (exact) mass is 474 g/mol. The van der Waals surface area contributed by atoms with Gasteiger partial charge < -0.3 is 5.32 Å². The van der Waals surface area contributed by atoms with Gasteiger partial charge in [0.25, 0.3) is 0 Å². The zero-order valence-corrected chi connectivity index (χ0v) is 19.9. The summed E-state index contributed by atoms with van der Waals surface area (Å²) in [4.78, 5) is 12.4. The predicted octanol–water partition coefficient (Wildman–Crippen LogP) is 3.23. The Morgan fingerprint density at radius 2 is 1.81 bits per heavy atom. The number of carbonyl (C=O) groups excluding carboxylic acids is 1. The highest BCUT2D eigenvalue weighted by Crippen LogP contribution is 2.23. The van der Waals surface area contributed by atoms with Crippen molar-refractivity contribution in [3.63, 3.8) is 0 Å². The van der Waals surface area contributed by atoms with Crippen molar-refractivity contribution < 1.29 is 13.2 Å². The van der Waals surface area contributed by atoms with Crippen molar-refractivity contribution in [2.75, 3.05) is 12.3 Å². The average Bonchev–Trinajstić information content (AvgIpc) is 3.03. The molecule has 1 aromatic heterocycles. The van der Waals surface area contributed by atoms with E-state index in [-0.39, 0.29) is 31.2 Å². The lowest BCUT2D eigenvalue weighted by atomic mass is 10.1. The molecule has 0 atom stereocenters. The third-order valence-electron chi connectivity index (χ3n) is 5.21. The van der Waals surface area contributed by atoms with Crippen molar-refractivity contribution in [1.29, 1.82) is 0 Å². The highest BCUT2D eigenvalue weighted by molar-refractivity contribution is 7.89. The summed E-state index contributed by atoms with van der Waals surface area (Å²) in [6.45, 7) is 5.93. The first-order chi connectivity index (χ1) is 15.2. The highest BCUT2D eigenvalue weighted by atomic mass is 35.5. The molecule has 3 rings (SSSR count). The first kappa shape index (κ1) is 24.0. The third kappa shape index (κ3) is 6.18. The molecule has 0 aliphatic heterocycles. The van der Waals surface area contributed by atoms with E-state index < -0.39 is 10.0 Å². The first-order valence-electron chi connectivity index (χ1n) is 10.3. The summed E-state index contributed by atoms with van der Waals surface area (Å²) in [5.41, 5.74) is 5.07. The van der Waals surface area contributed by atoms with Gasteiger partial charge in [-0.05, 0) is 44.0 Å². The summed E-state index contributed by atoms with van der Waals surface area (Å²) in [6, 6.07) is 15.0. The molecular formula is C23H27ClN4O3S. The van der Waals surface area contributed by atoms with Crippen LogP contribution in [0.3, 0.4) is 0 Å². The van der Waals surface area contributed by atoms with Gasteiger partial charge >= 0.3 is 0 Å². The van der Waals surface area contributed by atoms with E-state index in [0.717, 1.165) is 33.8 Å². The molecule has 0 aliphatic rings. The van der Waals surface area contributed by atoms with Crippen LogP contribution < -0.4 is 10.0 Å². The zero-order chi connectivity index (χ0) is 23.3.